The van der Waals surface area contributed by atoms with Gasteiger partial charge in [0.15, 0.2) is 0 Å². The van der Waals surface area contributed by atoms with E-state index in [0.29, 0.717) is 6.42 Å². The van der Waals surface area contributed by atoms with E-state index in [0.717, 1.165) is 24.9 Å². The first kappa shape index (κ1) is 13.6. The monoisotopic (exact) mass is 292 g/mol. The molecule has 2 saturated heterocycles. The molecule has 2 fully saturated rings. The van der Waals surface area contributed by atoms with Crippen LogP contribution in [-0.4, -0.2) is 40.2 Å². The van der Waals surface area contributed by atoms with E-state index in [1.54, 1.807) is 16.2 Å². The maximum absolute atomic E-state index is 12.8. The van der Waals surface area contributed by atoms with Gasteiger partial charge in [-0.1, -0.05) is 6.92 Å². The summed E-state index contributed by atoms with van der Waals surface area (Å²) in [6.07, 6.45) is 2.44. The number of fused-ring (bicyclic) bond motifs is 1. The fourth-order valence-electron chi connectivity index (χ4n) is 3.43. The van der Waals surface area contributed by atoms with Crippen molar-refractivity contribution in [3.8, 4) is 0 Å². The van der Waals surface area contributed by atoms with E-state index < -0.39 is 0 Å². The zero-order valence-corrected chi connectivity index (χ0v) is 12.7. The molecule has 2 aliphatic rings. The van der Waals surface area contributed by atoms with Gasteiger partial charge in [0.1, 0.15) is 12.1 Å². The molecule has 3 unspecified atom stereocenters. The lowest BCUT2D eigenvalue weighted by atomic mass is 9.99. The van der Waals surface area contributed by atoms with Crippen LogP contribution in [0.3, 0.4) is 0 Å². The van der Waals surface area contributed by atoms with Crippen LogP contribution in [0.15, 0.2) is 16.8 Å². The van der Waals surface area contributed by atoms with Gasteiger partial charge in [-0.05, 0) is 48.6 Å². The van der Waals surface area contributed by atoms with Gasteiger partial charge in [-0.15, -0.1) is 0 Å². The van der Waals surface area contributed by atoms with E-state index in [4.69, 9.17) is 0 Å². The van der Waals surface area contributed by atoms with Crippen molar-refractivity contribution in [3.05, 3.63) is 22.4 Å². The molecule has 2 aliphatic heterocycles. The van der Waals surface area contributed by atoms with Crippen LogP contribution < -0.4 is 0 Å². The Morgan fingerprint density at radius 3 is 2.85 bits per heavy atom. The number of thiophene rings is 1. The van der Waals surface area contributed by atoms with Gasteiger partial charge in [0.05, 0.1) is 6.04 Å². The minimum absolute atomic E-state index is 0.0228. The summed E-state index contributed by atoms with van der Waals surface area (Å²) >= 11 is 1.63. The number of carbonyl (C=O) groups excluding carboxylic acids is 2. The van der Waals surface area contributed by atoms with Gasteiger partial charge in [0.2, 0.25) is 11.8 Å². The normalized spacial score (nSPS) is 27.9. The molecule has 0 N–H and O–H groups in total. The number of hydrogen-bond donors (Lipinski definition) is 0. The topological polar surface area (TPSA) is 40.6 Å². The molecule has 3 rings (SSSR count). The molecule has 1 aromatic heterocycles. The third-order valence-electron chi connectivity index (χ3n) is 4.53. The van der Waals surface area contributed by atoms with Crippen molar-refractivity contribution in [2.75, 3.05) is 6.54 Å². The quantitative estimate of drug-likeness (QED) is 0.858. The summed E-state index contributed by atoms with van der Waals surface area (Å²) in [5.41, 5.74) is 1.13. The second kappa shape index (κ2) is 5.20. The molecular weight excluding hydrogens is 272 g/mol. The summed E-state index contributed by atoms with van der Waals surface area (Å²) in [7, 11) is 0. The van der Waals surface area contributed by atoms with Crippen molar-refractivity contribution in [2.24, 2.45) is 0 Å². The minimum atomic E-state index is -0.299. The van der Waals surface area contributed by atoms with Crippen molar-refractivity contribution in [3.63, 3.8) is 0 Å². The summed E-state index contributed by atoms with van der Waals surface area (Å²) in [4.78, 5) is 29.0. The molecule has 0 spiro atoms. The second-order valence-electron chi connectivity index (χ2n) is 5.59. The Morgan fingerprint density at radius 2 is 2.20 bits per heavy atom. The lowest BCUT2D eigenvalue weighted by Gasteiger charge is -2.44. The molecule has 0 radical (unpaired) electrons. The fraction of sp³-hybridized carbons (Fsp3) is 0.600. The standard InChI is InChI=1S/C15H20N2O2S/c1-3-12-14(18)16-7-4-5-13(16)15(19)17(12)10(2)11-6-8-20-9-11/h6,8-10,12-13H,3-5,7H2,1-2H3. The Balaban J connectivity index is 1.94. The number of carbonyl (C=O) groups is 2. The highest BCUT2D eigenvalue weighted by molar-refractivity contribution is 7.07. The summed E-state index contributed by atoms with van der Waals surface area (Å²) in [5, 5.41) is 4.08. The first-order valence-corrected chi connectivity index (χ1v) is 8.24. The lowest BCUT2D eigenvalue weighted by Crippen LogP contribution is -2.62. The summed E-state index contributed by atoms with van der Waals surface area (Å²) in [6, 6.07) is 1.50. The van der Waals surface area contributed by atoms with Gasteiger partial charge < -0.3 is 9.80 Å². The molecule has 3 heterocycles. The van der Waals surface area contributed by atoms with E-state index in [2.05, 4.69) is 5.38 Å². The van der Waals surface area contributed by atoms with E-state index >= 15 is 0 Å². The van der Waals surface area contributed by atoms with Crippen LogP contribution in [0.5, 0.6) is 0 Å². The van der Waals surface area contributed by atoms with Crippen LogP contribution in [0.1, 0.15) is 44.7 Å². The smallest absolute Gasteiger partial charge is 0.246 e. The number of nitrogens with zero attached hydrogens (tertiary/aromatic N) is 2. The summed E-state index contributed by atoms with van der Waals surface area (Å²) in [5.74, 6) is 0.268. The highest BCUT2D eigenvalue weighted by atomic mass is 32.1. The molecule has 0 aromatic carbocycles. The number of amides is 2. The van der Waals surface area contributed by atoms with Crippen molar-refractivity contribution in [2.45, 2.75) is 51.2 Å². The Kier molecular flexibility index (Phi) is 3.54. The third kappa shape index (κ3) is 1.95. The minimum Gasteiger partial charge on any atom is -0.329 e. The van der Waals surface area contributed by atoms with Crippen LogP contribution in [-0.2, 0) is 9.59 Å². The number of piperazine rings is 1. The van der Waals surface area contributed by atoms with Crippen LogP contribution in [0.25, 0.3) is 0 Å². The van der Waals surface area contributed by atoms with E-state index in [1.807, 2.05) is 30.2 Å². The van der Waals surface area contributed by atoms with E-state index in [-0.39, 0.29) is 29.9 Å². The number of rotatable bonds is 3. The predicted molar refractivity (Wildman–Crippen MR) is 78.4 cm³/mol. The maximum Gasteiger partial charge on any atom is 0.246 e. The van der Waals surface area contributed by atoms with Gasteiger partial charge in [-0.2, -0.15) is 11.3 Å². The molecule has 0 aliphatic carbocycles. The number of hydrogen-bond acceptors (Lipinski definition) is 3. The average Bonchev–Trinajstić information content (AvgIpc) is 3.12. The van der Waals surface area contributed by atoms with Crippen LogP contribution in [0.4, 0.5) is 0 Å². The zero-order valence-electron chi connectivity index (χ0n) is 11.9. The highest BCUT2D eigenvalue weighted by Gasteiger charge is 2.48. The maximum atomic E-state index is 12.8. The Morgan fingerprint density at radius 1 is 1.40 bits per heavy atom. The van der Waals surface area contributed by atoms with Gasteiger partial charge in [0, 0.05) is 6.54 Å². The molecule has 1 aromatic rings. The van der Waals surface area contributed by atoms with E-state index in [1.165, 1.54) is 0 Å². The first-order chi connectivity index (χ1) is 9.65. The Hall–Kier alpha value is -1.36. The Labute approximate surface area is 123 Å². The second-order valence-corrected chi connectivity index (χ2v) is 6.37. The highest BCUT2D eigenvalue weighted by Crippen LogP contribution is 2.34. The predicted octanol–water partition coefficient (Wildman–Crippen LogP) is 2.42. The summed E-state index contributed by atoms with van der Waals surface area (Å²) < 4.78 is 0. The zero-order chi connectivity index (χ0) is 14.3. The molecule has 5 heteroatoms. The van der Waals surface area contributed by atoms with Crippen molar-refractivity contribution in [1.82, 2.24) is 9.80 Å². The van der Waals surface area contributed by atoms with Gasteiger partial charge in [0.25, 0.3) is 0 Å². The van der Waals surface area contributed by atoms with Gasteiger partial charge in [-0.3, -0.25) is 9.59 Å². The SMILES string of the molecule is CCC1C(=O)N2CCCC2C(=O)N1C(C)c1ccsc1. The average molecular weight is 292 g/mol. The molecule has 108 valence electrons. The molecule has 2 amide bonds. The van der Waals surface area contributed by atoms with Crippen LogP contribution in [0.2, 0.25) is 0 Å². The lowest BCUT2D eigenvalue weighted by molar-refractivity contribution is -0.162. The van der Waals surface area contributed by atoms with Gasteiger partial charge in [-0.25, -0.2) is 0 Å². The Bertz CT molecular complexity index is 514. The molecular formula is C15H20N2O2S. The third-order valence-corrected chi connectivity index (χ3v) is 5.23. The fourth-order valence-corrected chi connectivity index (χ4v) is 4.18. The first-order valence-electron chi connectivity index (χ1n) is 7.30. The molecule has 0 bridgehead atoms. The van der Waals surface area contributed by atoms with Crippen LogP contribution >= 0.6 is 11.3 Å². The molecule has 0 saturated carbocycles. The van der Waals surface area contributed by atoms with Crippen molar-refractivity contribution < 1.29 is 9.59 Å². The van der Waals surface area contributed by atoms with E-state index in [9.17, 15) is 9.59 Å². The van der Waals surface area contributed by atoms with Crippen LogP contribution in [0, 0.1) is 0 Å². The largest absolute Gasteiger partial charge is 0.329 e. The van der Waals surface area contributed by atoms with Crippen molar-refractivity contribution in [1.29, 1.82) is 0 Å². The molecule has 20 heavy (non-hydrogen) atoms. The van der Waals surface area contributed by atoms with Crippen molar-refractivity contribution >= 4 is 23.2 Å². The molecule has 4 nitrogen and oxygen atoms in total. The summed E-state index contributed by atoms with van der Waals surface area (Å²) in [6.45, 7) is 4.76. The molecule has 3 atom stereocenters. The van der Waals surface area contributed by atoms with Gasteiger partial charge >= 0.3 is 0 Å².